The molecule has 5 nitrogen and oxygen atoms in total. The summed E-state index contributed by atoms with van der Waals surface area (Å²) in [6, 6.07) is 16.6. The molecule has 2 aromatic carbocycles. The predicted molar refractivity (Wildman–Crippen MR) is 95.8 cm³/mol. The van der Waals surface area contributed by atoms with E-state index in [9.17, 15) is 14.0 Å². The summed E-state index contributed by atoms with van der Waals surface area (Å²) in [6.07, 6.45) is 1.69. The standard InChI is InChI=1S/C20H18FN3O2/c21-15-10-8-14(9-11-15)18-7-4-12-23(18)20(26)17-13-19(25)24(22-17)16-5-2-1-3-6-16/h1-3,5-6,8-11,13,18,22H,4,7,12H2. The fourth-order valence-electron chi connectivity index (χ4n) is 3.47. The van der Waals surface area contributed by atoms with E-state index in [4.69, 9.17) is 0 Å². The Kier molecular flexibility index (Phi) is 4.16. The molecule has 4 rings (SSSR count). The molecular formula is C20H18FN3O2. The third-order valence-corrected chi connectivity index (χ3v) is 4.73. The van der Waals surface area contributed by atoms with E-state index in [0.29, 0.717) is 12.2 Å². The van der Waals surface area contributed by atoms with Gasteiger partial charge in [-0.15, -0.1) is 0 Å². The van der Waals surface area contributed by atoms with Crippen LogP contribution in [0.25, 0.3) is 5.69 Å². The van der Waals surface area contributed by atoms with Gasteiger partial charge in [-0.3, -0.25) is 14.7 Å². The molecule has 0 spiro atoms. The monoisotopic (exact) mass is 351 g/mol. The largest absolute Gasteiger partial charge is 0.330 e. The summed E-state index contributed by atoms with van der Waals surface area (Å²) in [7, 11) is 0. The molecule has 1 aliphatic rings. The molecule has 1 fully saturated rings. The molecule has 0 radical (unpaired) electrons. The van der Waals surface area contributed by atoms with Crippen molar-refractivity contribution in [3.05, 3.63) is 88.1 Å². The molecule has 0 aliphatic carbocycles. The number of hydrogen-bond donors (Lipinski definition) is 1. The number of aromatic amines is 1. The predicted octanol–water partition coefficient (Wildman–Crippen LogP) is 3.28. The first-order valence-corrected chi connectivity index (χ1v) is 8.57. The van der Waals surface area contributed by atoms with Crippen LogP contribution in [0.2, 0.25) is 0 Å². The Bertz CT molecular complexity index is 976. The normalized spacial score (nSPS) is 16.8. The van der Waals surface area contributed by atoms with Crippen LogP contribution >= 0.6 is 0 Å². The van der Waals surface area contributed by atoms with Crippen molar-refractivity contribution in [2.75, 3.05) is 6.54 Å². The first-order chi connectivity index (χ1) is 12.6. The van der Waals surface area contributed by atoms with Gasteiger partial charge in [-0.25, -0.2) is 9.07 Å². The van der Waals surface area contributed by atoms with Crippen LogP contribution in [-0.2, 0) is 0 Å². The summed E-state index contributed by atoms with van der Waals surface area (Å²) in [5.41, 5.74) is 1.56. The molecule has 2 heterocycles. The molecule has 26 heavy (non-hydrogen) atoms. The molecule has 1 amide bonds. The average molecular weight is 351 g/mol. The second-order valence-corrected chi connectivity index (χ2v) is 6.39. The van der Waals surface area contributed by atoms with Crippen molar-refractivity contribution in [3.8, 4) is 5.69 Å². The van der Waals surface area contributed by atoms with E-state index in [1.807, 2.05) is 18.2 Å². The lowest BCUT2D eigenvalue weighted by Crippen LogP contribution is -2.31. The molecule has 1 saturated heterocycles. The number of amides is 1. The number of H-pyrrole nitrogens is 1. The number of nitrogens with zero attached hydrogens (tertiary/aromatic N) is 2. The fraction of sp³-hybridized carbons (Fsp3) is 0.200. The van der Waals surface area contributed by atoms with Crippen LogP contribution < -0.4 is 5.56 Å². The SMILES string of the molecule is O=C(c1cc(=O)n(-c2ccccc2)[nH]1)N1CCCC1c1ccc(F)cc1. The van der Waals surface area contributed by atoms with E-state index in [1.54, 1.807) is 29.2 Å². The lowest BCUT2D eigenvalue weighted by Gasteiger charge is -2.24. The van der Waals surface area contributed by atoms with Gasteiger partial charge in [-0.1, -0.05) is 30.3 Å². The number of carbonyl (C=O) groups is 1. The molecular weight excluding hydrogens is 333 g/mol. The van der Waals surface area contributed by atoms with Crippen molar-refractivity contribution in [2.45, 2.75) is 18.9 Å². The highest BCUT2D eigenvalue weighted by atomic mass is 19.1. The van der Waals surface area contributed by atoms with E-state index < -0.39 is 0 Å². The maximum Gasteiger partial charge on any atom is 0.272 e. The minimum Gasteiger partial charge on any atom is -0.330 e. The first-order valence-electron chi connectivity index (χ1n) is 8.57. The second kappa shape index (κ2) is 6.63. The first kappa shape index (κ1) is 16.3. The van der Waals surface area contributed by atoms with Crippen molar-refractivity contribution >= 4 is 5.91 Å². The van der Waals surface area contributed by atoms with Crippen LogP contribution in [-0.4, -0.2) is 27.1 Å². The topological polar surface area (TPSA) is 58.1 Å². The number of para-hydroxylation sites is 1. The highest BCUT2D eigenvalue weighted by molar-refractivity contribution is 5.92. The lowest BCUT2D eigenvalue weighted by molar-refractivity contribution is 0.0729. The van der Waals surface area contributed by atoms with Gasteiger partial charge >= 0.3 is 0 Å². The van der Waals surface area contributed by atoms with Crippen LogP contribution in [0.3, 0.4) is 0 Å². The Morgan fingerprint density at radius 2 is 1.81 bits per heavy atom. The maximum absolute atomic E-state index is 13.2. The van der Waals surface area contributed by atoms with Gasteiger partial charge in [0.2, 0.25) is 0 Å². The molecule has 3 aromatic rings. The molecule has 0 saturated carbocycles. The Labute approximate surface area is 149 Å². The second-order valence-electron chi connectivity index (χ2n) is 6.39. The minimum atomic E-state index is -0.297. The molecule has 1 aromatic heterocycles. The molecule has 1 N–H and O–H groups in total. The Morgan fingerprint density at radius 3 is 2.54 bits per heavy atom. The highest BCUT2D eigenvalue weighted by Crippen LogP contribution is 2.32. The van der Waals surface area contributed by atoms with Crippen LogP contribution in [0, 0.1) is 5.82 Å². The van der Waals surface area contributed by atoms with Crippen molar-refractivity contribution < 1.29 is 9.18 Å². The van der Waals surface area contributed by atoms with Gasteiger partial charge in [0.15, 0.2) is 0 Å². The summed E-state index contributed by atoms with van der Waals surface area (Å²) >= 11 is 0. The molecule has 132 valence electrons. The maximum atomic E-state index is 13.2. The zero-order valence-electron chi connectivity index (χ0n) is 14.1. The number of hydrogen-bond acceptors (Lipinski definition) is 2. The van der Waals surface area contributed by atoms with Crippen molar-refractivity contribution in [1.29, 1.82) is 0 Å². The van der Waals surface area contributed by atoms with E-state index in [1.165, 1.54) is 22.9 Å². The number of carbonyl (C=O) groups excluding carboxylic acids is 1. The lowest BCUT2D eigenvalue weighted by atomic mass is 10.0. The number of likely N-dealkylation sites (tertiary alicyclic amines) is 1. The Morgan fingerprint density at radius 1 is 1.08 bits per heavy atom. The fourth-order valence-corrected chi connectivity index (χ4v) is 3.47. The number of nitrogens with one attached hydrogen (secondary N) is 1. The van der Waals surface area contributed by atoms with Gasteiger partial charge < -0.3 is 4.90 Å². The zero-order valence-corrected chi connectivity index (χ0v) is 14.1. The number of halogens is 1. The Balaban J connectivity index is 1.63. The van der Waals surface area contributed by atoms with E-state index in [-0.39, 0.29) is 29.0 Å². The molecule has 1 aliphatic heterocycles. The molecule has 6 heteroatoms. The van der Waals surface area contributed by atoms with Crippen molar-refractivity contribution in [3.63, 3.8) is 0 Å². The van der Waals surface area contributed by atoms with Crippen LogP contribution in [0.5, 0.6) is 0 Å². The minimum absolute atomic E-state index is 0.105. The van der Waals surface area contributed by atoms with Gasteiger partial charge in [0.05, 0.1) is 11.7 Å². The number of benzene rings is 2. The molecule has 0 bridgehead atoms. The number of rotatable bonds is 3. The van der Waals surface area contributed by atoms with E-state index in [2.05, 4.69) is 5.10 Å². The average Bonchev–Trinajstić information content (AvgIpc) is 3.29. The van der Waals surface area contributed by atoms with Gasteiger partial charge in [-0.05, 0) is 42.7 Å². The van der Waals surface area contributed by atoms with Crippen LogP contribution in [0.15, 0.2) is 65.5 Å². The van der Waals surface area contributed by atoms with Crippen molar-refractivity contribution in [1.82, 2.24) is 14.7 Å². The van der Waals surface area contributed by atoms with Crippen LogP contribution in [0.1, 0.15) is 34.9 Å². The van der Waals surface area contributed by atoms with Gasteiger partial charge in [-0.2, -0.15) is 0 Å². The summed E-state index contributed by atoms with van der Waals surface area (Å²) in [5.74, 6) is -0.516. The Hall–Kier alpha value is -3.15. The number of aromatic nitrogens is 2. The quantitative estimate of drug-likeness (QED) is 0.787. The van der Waals surface area contributed by atoms with Gasteiger partial charge in [0.25, 0.3) is 11.5 Å². The zero-order chi connectivity index (χ0) is 18.1. The molecule has 1 unspecified atom stereocenters. The van der Waals surface area contributed by atoms with Crippen molar-refractivity contribution in [2.24, 2.45) is 0 Å². The third-order valence-electron chi connectivity index (χ3n) is 4.73. The smallest absolute Gasteiger partial charge is 0.272 e. The summed E-state index contributed by atoms with van der Waals surface area (Å²) in [5, 5.41) is 2.91. The van der Waals surface area contributed by atoms with E-state index in [0.717, 1.165) is 18.4 Å². The summed E-state index contributed by atoms with van der Waals surface area (Å²) < 4.78 is 14.5. The summed E-state index contributed by atoms with van der Waals surface area (Å²) in [6.45, 7) is 0.611. The summed E-state index contributed by atoms with van der Waals surface area (Å²) in [4.78, 5) is 27.0. The highest BCUT2D eigenvalue weighted by Gasteiger charge is 2.31. The van der Waals surface area contributed by atoms with Gasteiger partial charge in [0.1, 0.15) is 11.5 Å². The molecule has 1 atom stereocenters. The van der Waals surface area contributed by atoms with Gasteiger partial charge in [0, 0.05) is 12.6 Å². The van der Waals surface area contributed by atoms with E-state index >= 15 is 0 Å². The van der Waals surface area contributed by atoms with Crippen LogP contribution in [0.4, 0.5) is 4.39 Å². The third kappa shape index (κ3) is 2.94.